The molecule has 1 aliphatic heterocycles. The van der Waals surface area contributed by atoms with Crippen molar-refractivity contribution in [3.63, 3.8) is 0 Å². The molecule has 1 aliphatic rings. The molecule has 1 N–H and O–H groups in total. The molecule has 0 radical (unpaired) electrons. The molecule has 2 heterocycles. The van der Waals surface area contributed by atoms with E-state index in [4.69, 9.17) is 16.3 Å². The maximum Gasteiger partial charge on any atom is 0.168 e. The Balaban J connectivity index is 2.09. The fourth-order valence-electron chi connectivity index (χ4n) is 1.61. The van der Waals surface area contributed by atoms with E-state index >= 15 is 0 Å². The van der Waals surface area contributed by atoms with Crippen LogP contribution in [0, 0.1) is 0 Å². The van der Waals surface area contributed by atoms with Crippen LogP contribution >= 0.6 is 11.6 Å². The molecule has 14 heavy (non-hydrogen) atoms. The highest BCUT2D eigenvalue weighted by Gasteiger charge is 2.26. The summed E-state index contributed by atoms with van der Waals surface area (Å²) >= 11 is 5.87. The molecule has 0 spiro atoms. The molecule has 1 saturated heterocycles. The molecule has 1 aromatic rings. The fourth-order valence-corrected chi connectivity index (χ4v) is 1.71. The molecule has 3 atom stereocenters. The molecular formula is C9H14ClN3O. The topological polar surface area (TPSA) is 50.8 Å². The van der Waals surface area contributed by atoms with E-state index in [1.165, 1.54) is 0 Å². The molecule has 4 nitrogen and oxygen atoms in total. The Hall–Kier alpha value is -0.610. The van der Waals surface area contributed by atoms with Crippen molar-refractivity contribution in [2.24, 2.45) is 0 Å². The summed E-state index contributed by atoms with van der Waals surface area (Å²) in [4.78, 5) is 4.30. The zero-order chi connectivity index (χ0) is 10.1. The van der Waals surface area contributed by atoms with Gasteiger partial charge in [0.2, 0.25) is 0 Å². The molecule has 0 aliphatic carbocycles. The van der Waals surface area contributed by atoms with E-state index < -0.39 is 0 Å². The average Bonchev–Trinajstić information content (AvgIpc) is 2.70. The van der Waals surface area contributed by atoms with Crippen LogP contribution in [-0.4, -0.2) is 21.3 Å². The maximum absolute atomic E-state index is 5.87. The molecule has 5 heteroatoms. The number of alkyl halides is 1. The summed E-state index contributed by atoms with van der Waals surface area (Å²) < 4.78 is 5.66. The van der Waals surface area contributed by atoms with Crippen LogP contribution in [0.2, 0.25) is 0 Å². The highest BCUT2D eigenvalue weighted by molar-refractivity contribution is 6.20. The number of aromatic nitrogens is 3. The van der Waals surface area contributed by atoms with Gasteiger partial charge in [0, 0.05) is 0 Å². The number of aromatic amines is 1. The van der Waals surface area contributed by atoms with Crippen molar-refractivity contribution in [1.82, 2.24) is 15.2 Å². The normalized spacial score (nSPS) is 29.4. The number of halogens is 1. The zero-order valence-electron chi connectivity index (χ0n) is 8.33. The number of nitrogens with zero attached hydrogens (tertiary/aromatic N) is 2. The van der Waals surface area contributed by atoms with Crippen LogP contribution in [0.5, 0.6) is 0 Å². The third kappa shape index (κ3) is 1.91. The monoisotopic (exact) mass is 215 g/mol. The molecule has 2 rings (SSSR count). The maximum atomic E-state index is 5.87. The van der Waals surface area contributed by atoms with Gasteiger partial charge < -0.3 is 4.74 Å². The smallest absolute Gasteiger partial charge is 0.168 e. The number of hydrogen-bond donors (Lipinski definition) is 1. The van der Waals surface area contributed by atoms with Crippen molar-refractivity contribution in [2.75, 3.05) is 0 Å². The molecule has 1 fully saturated rings. The first-order valence-electron chi connectivity index (χ1n) is 4.88. The van der Waals surface area contributed by atoms with Gasteiger partial charge in [-0.05, 0) is 26.7 Å². The number of ether oxygens (including phenoxy) is 1. The largest absolute Gasteiger partial charge is 0.367 e. The Kier molecular flexibility index (Phi) is 2.74. The van der Waals surface area contributed by atoms with E-state index in [1.54, 1.807) is 0 Å². The van der Waals surface area contributed by atoms with Crippen LogP contribution < -0.4 is 0 Å². The van der Waals surface area contributed by atoms with Gasteiger partial charge in [-0.15, -0.1) is 11.6 Å². The lowest BCUT2D eigenvalue weighted by atomic mass is 10.2. The van der Waals surface area contributed by atoms with Gasteiger partial charge >= 0.3 is 0 Å². The van der Waals surface area contributed by atoms with Crippen LogP contribution in [0.3, 0.4) is 0 Å². The van der Waals surface area contributed by atoms with Crippen LogP contribution in [0.1, 0.15) is 49.8 Å². The van der Waals surface area contributed by atoms with Crippen molar-refractivity contribution in [3.05, 3.63) is 11.6 Å². The van der Waals surface area contributed by atoms with Crippen molar-refractivity contribution in [1.29, 1.82) is 0 Å². The van der Waals surface area contributed by atoms with Crippen LogP contribution in [0.25, 0.3) is 0 Å². The molecular weight excluding hydrogens is 202 g/mol. The third-order valence-electron chi connectivity index (χ3n) is 2.41. The fraction of sp³-hybridized carbons (Fsp3) is 0.778. The highest BCUT2D eigenvalue weighted by Crippen LogP contribution is 2.30. The predicted molar refractivity (Wildman–Crippen MR) is 53.2 cm³/mol. The number of H-pyrrole nitrogens is 1. The Bertz CT molecular complexity index is 313. The first kappa shape index (κ1) is 9.93. The molecule has 0 bridgehead atoms. The molecule has 0 saturated carbocycles. The zero-order valence-corrected chi connectivity index (χ0v) is 9.08. The van der Waals surface area contributed by atoms with Gasteiger partial charge in [0.25, 0.3) is 0 Å². The van der Waals surface area contributed by atoms with Crippen LogP contribution in [0.4, 0.5) is 0 Å². The van der Waals surface area contributed by atoms with Gasteiger partial charge in [-0.1, -0.05) is 0 Å². The van der Waals surface area contributed by atoms with Gasteiger partial charge in [-0.25, -0.2) is 4.98 Å². The first-order valence-corrected chi connectivity index (χ1v) is 5.32. The number of nitrogens with one attached hydrogen (secondary N) is 1. The van der Waals surface area contributed by atoms with E-state index in [9.17, 15) is 0 Å². The van der Waals surface area contributed by atoms with E-state index in [0.717, 1.165) is 18.7 Å². The van der Waals surface area contributed by atoms with Crippen molar-refractivity contribution in [2.45, 2.75) is 44.3 Å². The summed E-state index contributed by atoms with van der Waals surface area (Å²) in [5.74, 6) is 1.45. The lowest BCUT2D eigenvalue weighted by Crippen LogP contribution is -2.02. The SMILES string of the molecule is CC1CCC(c2nc(C(C)Cl)n[nH]2)O1. The number of rotatable bonds is 2. The Morgan fingerprint density at radius 2 is 2.36 bits per heavy atom. The molecule has 0 aromatic carbocycles. The molecule has 3 unspecified atom stereocenters. The lowest BCUT2D eigenvalue weighted by Gasteiger charge is -2.06. The second-order valence-corrected chi connectivity index (χ2v) is 4.36. The van der Waals surface area contributed by atoms with Gasteiger partial charge in [0.15, 0.2) is 11.6 Å². The van der Waals surface area contributed by atoms with Gasteiger partial charge in [0.1, 0.15) is 6.10 Å². The summed E-state index contributed by atoms with van der Waals surface area (Å²) in [6, 6.07) is 0. The quantitative estimate of drug-likeness (QED) is 0.771. The predicted octanol–water partition coefficient (Wildman–Crippen LogP) is 2.34. The Morgan fingerprint density at radius 1 is 1.57 bits per heavy atom. The minimum Gasteiger partial charge on any atom is -0.367 e. The van der Waals surface area contributed by atoms with Crippen LogP contribution in [0.15, 0.2) is 0 Å². The van der Waals surface area contributed by atoms with Gasteiger partial charge in [-0.2, -0.15) is 5.10 Å². The van der Waals surface area contributed by atoms with E-state index in [0.29, 0.717) is 11.9 Å². The second kappa shape index (κ2) is 3.87. The molecule has 0 amide bonds. The minimum absolute atomic E-state index is 0.0710. The Labute approximate surface area is 88.0 Å². The summed E-state index contributed by atoms with van der Waals surface area (Å²) in [5.41, 5.74) is 0. The summed E-state index contributed by atoms with van der Waals surface area (Å²) in [6.07, 6.45) is 2.48. The second-order valence-electron chi connectivity index (χ2n) is 3.71. The summed E-state index contributed by atoms with van der Waals surface area (Å²) in [7, 11) is 0. The molecule has 78 valence electrons. The van der Waals surface area contributed by atoms with Crippen molar-refractivity contribution >= 4 is 11.6 Å². The van der Waals surface area contributed by atoms with E-state index in [-0.39, 0.29) is 11.5 Å². The van der Waals surface area contributed by atoms with Crippen molar-refractivity contribution in [3.8, 4) is 0 Å². The lowest BCUT2D eigenvalue weighted by molar-refractivity contribution is 0.0505. The van der Waals surface area contributed by atoms with E-state index in [2.05, 4.69) is 22.1 Å². The highest BCUT2D eigenvalue weighted by atomic mass is 35.5. The van der Waals surface area contributed by atoms with Gasteiger partial charge in [-0.3, -0.25) is 5.10 Å². The summed E-state index contributed by atoms with van der Waals surface area (Å²) in [5, 5.41) is 6.76. The molecule has 1 aromatic heterocycles. The van der Waals surface area contributed by atoms with E-state index in [1.807, 2.05) is 6.92 Å². The minimum atomic E-state index is -0.154. The van der Waals surface area contributed by atoms with Gasteiger partial charge in [0.05, 0.1) is 11.5 Å². The Morgan fingerprint density at radius 3 is 2.86 bits per heavy atom. The summed E-state index contributed by atoms with van der Waals surface area (Å²) in [6.45, 7) is 3.92. The van der Waals surface area contributed by atoms with Crippen LogP contribution in [-0.2, 0) is 4.74 Å². The standard InChI is InChI=1S/C9H14ClN3O/c1-5-3-4-7(14-5)9-11-8(6(2)10)12-13-9/h5-7H,3-4H2,1-2H3,(H,11,12,13). The average molecular weight is 216 g/mol. The third-order valence-corrected chi connectivity index (χ3v) is 2.61. The first-order chi connectivity index (χ1) is 6.66. The number of hydrogen-bond acceptors (Lipinski definition) is 3. The van der Waals surface area contributed by atoms with Crippen molar-refractivity contribution < 1.29 is 4.74 Å².